The number of methoxy groups -OCH3 is 3. The second kappa shape index (κ2) is 14.2. The fourth-order valence-electron chi connectivity index (χ4n) is 3.34. The summed E-state index contributed by atoms with van der Waals surface area (Å²) in [5.74, 6) is -0.617. The molecule has 140 valence electrons. The normalized spacial score (nSPS) is 13.7. The van der Waals surface area contributed by atoms with Gasteiger partial charge in [-0.3, -0.25) is 0 Å². The van der Waals surface area contributed by atoms with Crippen LogP contribution >= 0.6 is 0 Å². The van der Waals surface area contributed by atoms with Crippen LogP contribution in [0.25, 0.3) is 0 Å². The summed E-state index contributed by atoms with van der Waals surface area (Å²) in [7, 11) is 5.05. The third-order valence-electron chi connectivity index (χ3n) is 4.93. The van der Waals surface area contributed by atoms with Crippen molar-refractivity contribution >= 4 is 0 Å². The van der Waals surface area contributed by atoms with E-state index in [4.69, 9.17) is 14.2 Å². The van der Waals surface area contributed by atoms with E-state index in [0.29, 0.717) is 0 Å². The molecule has 0 spiro atoms. The SMILES string of the molecule is CCCCCCCC(CCCN(CC)CC)C(OC)(OC)OC. The molecule has 0 aromatic heterocycles. The standard InChI is InChI=1S/C19H41NO3/c1-7-10-11-12-13-15-18(19(21-4,22-5)23-6)16-14-17-20(8-2)9-3/h18H,7-17H2,1-6H3. The molecule has 0 aliphatic heterocycles. The monoisotopic (exact) mass is 331 g/mol. The average molecular weight is 332 g/mol. The highest BCUT2D eigenvalue weighted by Gasteiger charge is 2.39. The Morgan fingerprint density at radius 3 is 1.74 bits per heavy atom. The van der Waals surface area contributed by atoms with Crippen molar-refractivity contribution in [2.45, 2.75) is 78.1 Å². The van der Waals surface area contributed by atoms with Gasteiger partial charge in [0.15, 0.2) is 0 Å². The van der Waals surface area contributed by atoms with Crippen LogP contribution in [-0.4, -0.2) is 51.8 Å². The summed E-state index contributed by atoms with van der Waals surface area (Å²) in [6.45, 7) is 10.1. The number of unbranched alkanes of at least 4 members (excludes halogenated alkanes) is 4. The molecule has 0 heterocycles. The smallest absolute Gasteiger partial charge is 0.285 e. The fourth-order valence-corrected chi connectivity index (χ4v) is 3.34. The summed E-state index contributed by atoms with van der Waals surface area (Å²) in [6.07, 6.45) is 9.75. The van der Waals surface area contributed by atoms with Crippen LogP contribution in [0.2, 0.25) is 0 Å². The molecule has 0 saturated heterocycles. The van der Waals surface area contributed by atoms with Crippen molar-refractivity contribution in [3.8, 4) is 0 Å². The highest BCUT2D eigenvalue weighted by molar-refractivity contribution is 4.72. The highest BCUT2D eigenvalue weighted by Crippen LogP contribution is 2.32. The molecule has 0 fully saturated rings. The third kappa shape index (κ3) is 8.48. The minimum Gasteiger partial charge on any atom is -0.331 e. The molecule has 0 bridgehead atoms. The van der Waals surface area contributed by atoms with E-state index in [1.54, 1.807) is 21.3 Å². The first-order chi connectivity index (χ1) is 11.1. The highest BCUT2D eigenvalue weighted by atomic mass is 16.9. The zero-order valence-electron chi connectivity index (χ0n) is 16.5. The lowest BCUT2D eigenvalue weighted by Gasteiger charge is -2.37. The Labute approximate surface area is 144 Å². The number of rotatable bonds is 16. The van der Waals surface area contributed by atoms with E-state index in [9.17, 15) is 0 Å². The van der Waals surface area contributed by atoms with Gasteiger partial charge in [-0.2, -0.15) is 0 Å². The molecule has 0 N–H and O–H groups in total. The van der Waals surface area contributed by atoms with E-state index in [1.807, 2.05) is 0 Å². The van der Waals surface area contributed by atoms with Crippen LogP contribution in [0.5, 0.6) is 0 Å². The molecule has 0 saturated carbocycles. The van der Waals surface area contributed by atoms with Crippen LogP contribution in [0.15, 0.2) is 0 Å². The minimum absolute atomic E-state index is 0.277. The third-order valence-corrected chi connectivity index (χ3v) is 4.93. The maximum atomic E-state index is 5.63. The molecule has 23 heavy (non-hydrogen) atoms. The van der Waals surface area contributed by atoms with Gasteiger partial charge in [0.25, 0.3) is 5.97 Å². The number of ether oxygens (including phenoxy) is 3. The van der Waals surface area contributed by atoms with Gasteiger partial charge in [-0.05, 0) is 38.9 Å². The lowest BCUT2D eigenvalue weighted by molar-refractivity contribution is -0.380. The van der Waals surface area contributed by atoms with E-state index in [2.05, 4.69) is 25.7 Å². The topological polar surface area (TPSA) is 30.9 Å². The Kier molecular flexibility index (Phi) is 14.1. The van der Waals surface area contributed by atoms with E-state index in [-0.39, 0.29) is 5.92 Å². The zero-order valence-corrected chi connectivity index (χ0v) is 16.5. The molecule has 0 aliphatic rings. The average Bonchev–Trinajstić information content (AvgIpc) is 2.59. The largest absolute Gasteiger partial charge is 0.331 e. The summed E-state index contributed by atoms with van der Waals surface area (Å²) in [5.41, 5.74) is 0. The number of hydrogen-bond donors (Lipinski definition) is 0. The Morgan fingerprint density at radius 1 is 0.739 bits per heavy atom. The van der Waals surface area contributed by atoms with E-state index in [1.165, 1.54) is 32.1 Å². The molecule has 0 aromatic rings. The Hall–Kier alpha value is -0.160. The van der Waals surface area contributed by atoms with Gasteiger partial charge < -0.3 is 19.1 Å². The van der Waals surface area contributed by atoms with E-state index >= 15 is 0 Å². The predicted octanol–water partition coefficient (Wildman–Crippen LogP) is 4.68. The van der Waals surface area contributed by atoms with Crippen molar-refractivity contribution in [3.63, 3.8) is 0 Å². The second-order valence-electron chi connectivity index (χ2n) is 6.28. The molecule has 4 heteroatoms. The summed E-state index contributed by atoms with van der Waals surface area (Å²) in [4.78, 5) is 2.46. The Bertz CT molecular complexity index is 245. The van der Waals surface area contributed by atoms with Crippen molar-refractivity contribution in [3.05, 3.63) is 0 Å². The molecular weight excluding hydrogens is 290 g/mol. The first-order valence-electron chi connectivity index (χ1n) is 9.51. The van der Waals surface area contributed by atoms with Gasteiger partial charge in [-0.25, -0.2) is 0 Å². The summed E-state index contributed by atoms with van der Waals surface area (Å²) < 4.78 is 16.9. The summed E-state index contributed by atoms with van der Waals surface area (Å²) in [5, 5.41) is 0. The van der Waals surface area contributed by atoms with Crippen LogP contribution in [0, 0.1) is 5.92 Å². The van der Waals surface area contributed by atoms with Gasteiger partial charge in [0.05, 0.1) is 0 Å². The fraction of sp³-hybridized carbons (Fsp3) is 1.00. The van der Waals surface area contributed by atoms with E-state index < -0.39 is 5.97 Å². The summed E-state index contributed by atoms with van der Waals surface area (Å²) >= 11 is 0. The molecular formula is C19H41NO3. The Morgan fingerprint density at radius 2 is 1.26 bits per heavy atom. The molecule has 0 radical (unpaired) electrons. The van der Waals surface area contributed by atoms with Crippen molar-refractivity contribution in [2.75, 3.05) is 41.0 Å². The molecule has 0 aliphatic carbocycles. The first-order valence-corrected chi connectivity index (χ1v) is 9.51. The predicted molar refractivity (Wildman–Crippen MR) is 97.6 cm³/mol. The van der Waals surface area contributed by atoms with Crippen LogP contribution in [0.4, 0.5) is 0 Å². The molecule has 4 nitrogen and oxygen atoms in total. The molecule has 0 amide bonds. The maximum absolute atomic E-state index is 5.63. The lowest BCUT2D eigenvalue weighted by Crippen LogP contribution is -2.44. The van der Waals surface area contributed by atoms with Gasteiger partial charge in [-0.1, -0.05) is 52.9 Å². The van der Waals surface area contributed by atoms with Crippen molar-refractivity contribution in [2.24, 2.45) is 5.92 Å². The van der Waals surface area contributed by atoms with Gasteiger partial charge in [0.1, 0.15) is 0 Å². The van der Waals surface area contributed by atoms with Crippen LogP contribution in [0.3, 0.4) is 0 Å². The van der Waals surface area contributed by atoms with E-state index in [0.717, 1.165) is 38.9 Å². The van der Waals surface area contributed by atoms with Crippen molar-refractivity contribution < 1.29 is 14.2 Å². The molecule has 0 rings (SSSR count). The van der Waals surface area contributed by atoms with Crippen LogP contribution in [0.1, 0.15) is 72.1 Å². The molecule has 0 aromatic carbocycles. The number of nitrogens with zero attached hydrogens (tertiary/aromatic N) is 1. The Balaban J connectivity index is 4.53. The lowest BCUT2D eigenvalue weighted by atomic mass is 9.93. The maximum Gasteiger partial charge on any atom is 0.285 e. The molecule has 1 unspecified atom stereocenters. The van der Waals surface area contributed by atoms with Crippen molar-refractivity contribution in [1.29, 1.82) is 0 Å². The zero-order chi connectivity index (χ0) is 17.6. The van der Waals surface area contributed by atoms with Crippen LogP contribution < -0.4 is 0 Å². The summed E-state index contributed by atoms with van der Waals surface area (Å²) in [6, 6.07) is 0. The van der Waals surface area contributed by atoms with Crippen molar-refractivity contribution in [1.82, 2.24) is 4.90 Å². The van der Waals surface area contributed by atoms with Gasteiger partial charge >= 0.3 is 0 Å². The quantitative estimate of drug-likeness (QED) is 0.303. The first kappa shape index (κ1) is 22.8. The van der Waals surface area contributed by atoms with Crippen LogP contribution in [-0.2, 0) is 14.2 Å². The van der Waals surface area contributed by atoms with Gasteiger partial charge in [0, 0.05) is 27.2 Å². The minimum atomic E-state index is -0.895. The second-order valence-corrected chi connectivity index (χ2v) is 6.28. The van der Waals surface area contributed by atoms with Gasteiger partial charge in [0.2, 0.25) is 0 Å². The molecule has 1 atom stereocenters. The van der Waals surface area contributed by atoms with Gasteiger partial charge in [-0.15, -0.1) is 0 Å². The number of hydrogen-bond acceptors (Lipinski definition) is 4.